The number of hydrogen-bond donors (Lipinski definition) is 3. The molecule has 0 aromatic rings. The zero-order valence-corrected chi connectivity index (χ0v) is 45.5. The van der Waals surface area contributed by atoms with Crippen molar-refractivity contribution in [1.29, 1.82) is 0 Å². The molecule has 0 fully saturated rings. The van der Waals surface area contributed by atoms with Gasteiger partial charge in [0.05, 0.1) is 25.2 Å². The number of rotatable bonds is 54. The van der Waals surface area contributed by atoms with Gasteiger partial charge < -0.3 is 20.3 Å². The maximum Gasteiger partial charge on any atom is 0.306 e. The summed E-state index contributed by atoms with van der Waals surface area (Å²) in [5.41, 5.74) is 0. The van der Waals surface area contributed by atoms with Gasteiger partial charge >= 0.3 is 5.97 Å². The van der Waals surface area contributed by atoms with Gasteiger partial charge in [-0.05, 0) is 70.6 Å². The minimum atomic E-state index is -0.792. The van der Waals surface area contributed by atoms with Crippen molar-refractivity contribution in [3.8, 4) is 0 Å². The molecule has 0 bridgehead atoms. The number of ether oxygens (including phenoxy) is 1. The van der Waals surface area contributed by atoms with Gasteiger partial charge in [0.1, 0.15) is 6.10 Å². The summed E-state index contributed by atoms with van der Waals surface area (Å²) in [5.74, 6) is -0.479. The van der Waals surface area contributed by atoms with Crippen molar-refractivity contribution in [1.82, 2.24) is 5.32 Å². The summed E-state index contributed by atoms with van der Waals surface area (Å²) in [6.07, 6.45) is 68.9. The number of aliphatic hydroxyl groups excluding tert-OH is 2. The van der Waals surface area contributed by atoms with Gasteiger partial charge in [-0.25, -0.2) is 0 Å². The standard InChI is InChI=1S/C62H115NO5/c1-4-7-10-13-16-19-22-25-28-30-33-35-38-41-44-47-50-53-58(68-62(67)55-52-49-46-43-40-37-32-27-24-21-18-15-12-9-6-3)56-61(66)63-59(57-64)60(65)54-51-48-45-42-39-36-34-31-29-26-23-20-17-14-11-8-5-2/h9,12,15,18,21,24-25,28,58-60,64-65H,4-8,10-11,13-14,16-17,19-20,22-23,26-27,29-57H2,1-3H3,(H,63,66)/b12-9+,18-15+,24-21+,28-25+. The fraction of sp³-hybridized carbons (Fsp3) is 0.839. The quantitative estimate of drug-likeness (QED) is 0.0244. The fourth-order valence-electron chi connectivity index (χ4n) is 9.19. The van der Waals surface area contributed by atoms with Crippen LogP contribution in [0.2, 0.25) is 0 Å². The normalized spacial score (nSPS) is 13.4. The number of amides is 1. The second-order valence-corrected chi connectivity index (χ2v) is 20.4. The Morgan fingerprint density at radius 2 is 0.809 bits per heavy atom. The van der Waals surface area contributed by atoms with E-state index >= 15 is 0 Å². The second-order valence-electron chi connectivity index (χ2n) is 20.4. The summed E-state index contributed by atoms with van der Waals surface area (Å²) >= 11 is 0. The van der Waals surface area contributed by atoms with E-state index in [2.05, 4.69) is 74.7 Å². The lowest BCUT2D eigenvalue weighted by atomic mass is 10.0. The van der Waals surface area contributed by atoms with Crippen molar-refractivity contribution in [2.24, 2.45) is 0 Å². The Morgan fingerprint density at radius 1 is 0.441 bits per heavy atom. The summed E-state index contributed by atoms with van der Waals surface area (Å²) in [7, 11) is 0. The lowest BCUT2D eigenvalue weighted by Gasteiger charge is -2.24. The Labute approximate surface area is 423 Å². The molecule has 0 aromatic carbocycles. The minimum absolute atomic E-state index is 0.0713. The first-order valence-electron chi connectivity index (χ1n) is 29.9. The van der Waals surface area contributed by atoms with Crippen molar-refractivity contribution in [2.45, 2.75) is 328 Å². The number of aliphatic hydroxyl groups is 2. The third-order valence-corrected chi connectivity index (χ3v) is 13.7. The van der Waals surface area contributed by atoms with Crippen molar-refractivity contribution < 1.29 is 24.5 Å². The number of unbranched alkanes of at least 4 members (excludes halogenated alkanes) is 36. The highest BCUT2D eigenvalue weighted by Gasteiger charge is 2.24. The maximum absolute atomic E-state index is 13.3. The van der Waals surface area contributed by atoms with Crippen molar-refractivity contribution in [3.63, 3.8) is 0 Å². The summed E-state index contributed by atoms with van der Waals surface area (Å²) in [5, 5.41) is 23.9. The molecular weight excluding hydrogens is 839 g/mol. The minimum Gasteiger partial charge on any atom is -0.462 e. The predicted molar refractivity (Wildman–Crippen MR) is 296 cm³/mol. The Bertz CT molecular complexity index is 1160. The van der Waals surface area contributed by atoms with E-state index in [9.17, 15) is 19.8 Å². The molecule has 0 spiro atoms. The molecule has 0 saturated carbocycles. The lowest BCUT2D eigenvalue weighted by molar-refractivity contribution is -0.151. The lowest BCUT2D eigenvalue weighted by Crippen LogP contribution is -2.46. The molecule has 6 nitrogen and oxygen atoms in total. The van der Waals surface area contributed by atoms with E-state index in [-0.39, 0.29) is 24.9 Å². The highest BCUT2D eigenvalue weighted by molar-refractivity contribution is 5.77. The van der Waals surface area contributed by atoms with Crippen LogP contribution in [0.4, 0.5) is 0 Å². The molecule has 3 N–H and O–H groups in total. The zero-order valence-electron chi connectivity index (χ0n) is 45.5. The van der Waals surface area contributed by atoms with Gasteiger partial charge in [0.15, 0.2) is 0 Å². The molecule has 0 radical (unpaired) electrons. The maximum atomic E-state index is 13.3. The Hall–Kier alpha value is -2.18. The Balaban J connectivity index is 4.54. The van der Waals surface area contributed by atoms with E-state index in [1.54, 1.807) is 0 Å². The summed E-state index contributed by atoms with van der Waals surface area (Å²) < 4.78 is 5.97. The molecule has 0 aliphatic heterocycles. The van der Waals surface area contributed by atoms with Gasteiger partial charge in [-0.3, -0.25) is 9.59 Å². The molecule has 68 heavy (non-hydrogen) atoms. The first-order valence-corrected chi connectivity index (χ1v) is 29.9. The van der Waals surface area contributed by atoms with Gasteiger partial charge in [-0.15, -0.1) is 0 Å². The summed E-state index contributed by atoms with van der Waals surface area (Å²) in [6.45, 7) is 6.39. The van der Waals surface area contributed by atoms with Gasteiger partial charge in [0.25, 0.3) is 0 Å². The largest absolute Gasteiger partial charge is 0.462 e. The van der Waals surface area contributed by atoms with Crippen molar-refractivity contribution in [3.05, 3.63) is 48.6 Å². The fourth-order valence-corrected chi connectivity index (χ4v) is 9.19. The average molecular weight is 955 g/mol. The summed E-state index contributed by atoms with van der Waals surface area (Å²) in [6, 6.07) is -0.706. The van der Waals surface area contributed by atoms with Gasteiger partial charge in [-0.2, -0.15) is 0 Å². The third kappa shape index (κ3) is 50.2. The van der Waals surface area contributed by atoms with Gasteiger partial charge in [0.2, 0.25) is 5.91 Å². The SMILES string of the molecule is CC/C=C/C=C/C=C/CCCCCCCCCC(=O)OC(CCCCCCCCC/C=C/CCCCCCCC)CC(=O)NC(CO)C(O)CCCCCCCCCCCCCCCCCCC. The molecule has 3 unspecified atom stereocenters. The van der Waals surface area contributed by atoms with E-state index < -0.39 is 18.2 Å². The second kappa shape index (κ2) is 55.7. The van der Waals surface area contributed by atoms with E-state index in [1.165, 1.54) is 199 Å². The van der Waals surface area contributed by atoms with E-state index in [1.807, 2.05) is 0 Å². The smallest absolute Gasteiger partial charge is 0.306 e. The molecule has 0 aromatic heterocycles. The first kappa shape index (κ1) is 65.8. The molecule has 1 amide bonds. The van der Waals surface area contributed by atoms with Crippen LogP contribution in [0.25, 0.3) is 0 Å². The van der Waals surface area contributed by atoms with Crippen LogP contribution < -0.4 is 5.32 Å². The molecule has 0 rings (SSSR count). The number of hydrogen-bond acceptors (Lipinski definition) is 5. The monoisotopic (exact) mass is 954 g/mol. The summed E-state index contributed by atoms with van der Waals surface area (Å²) in [4.78, 5) is 26.3. The van der Waals surface area contributed by atoms with Gasteiger partial charge in [-0.1, -0.05) is 275 Å². The molecule has 0 aliphatic rings. The van der Waals surface area contributed by atoms with Crippen LogP contribution in [0.15, 0.2) is 48.6 Å². The Morgan fingerprint density at radius 3 is 1.24 bits per heavy atom. The highest BCUT2D eigenvalue weighted by Crippen LogP contribution is 2.19. The third-order valence-electron chi connectivity index (χ3n) is 13.7. The topological polar surface area (TPSA) is 95.9 Å². The van der Waals surface area contributed by atoms with Crippen LogP contribution in [-0.2, 0) is 14.3 Å². The zero-order chi connectivity index (χ0) is 49.5. The number of esters is 1. The van der Waals surface area contributed by atoms with Crippen LogP contribution in [0, 0.1) is 0 Å². The van der Waals surface area contributed by atoms with Crippen LogP contribution >= 0.6 is 0 Å². The van der Waals surface area contributed by atoms with Crippen LogP contribution in [-0.4, -0.2) is 46.9 Å². The van der Waals surface area contributed by atoms with Gasteiger partial charge in [0, 0.05) is 6.42 Å². The van der Waals surface area contributed by atoms with E-state index in [0.717, 1.165) is 64.2 Å². The molecule has 0 aliphatic carbocycles. The Kier molecular flexibility index (Phi) is 54.0. The predicted octanol–water partition coefficient (Wildman–Crippen LogP) is 18.6. The number of carbonyl (C=O) groups is 2. The highest BCUT2D eigenvalue weighted by atomic mass is 16.5. The number of nitrogens with one attached hydrogen (secondary N) is 1. The van der Waals surface area contributed by atoms with Crippen molar-refractivity contribution >= 4 is 11.9 Å². The molecule has 3 atom stereocenters. The molecule has 0 saturated heterocycles. The molecule has 6 heteroatoms. The first-order chi connectivity index (χ1) is 33.5. The number of allylic oxidation sites excluding steroid dienone is 8. The molecule has 398 valence electrons. The van der Waals surface area contributed by atoms with E-state index in [4.69, 9.17) is 4.74 Å². The van der Waals surface area contributed by atoms with Crippen LogP contribution in [0.3, 0.4) is 0 Å². The van der Waals surface area contributed by atoms with Crippen LogP contribution in [0.5, 0.6) is 0 Å². The van der Waals surface area contributed by atoms with E-state index in [0.29, 0.717) is 19.3 Å². The molecular formula is C62H115NO5. The van der Waals surface area contributed by atoms with Crippen LogP contribution in [0.1, 0.15) is 310 Å². The average Bonchev–Trinajstić information content (AvgIpc) is 3.33. The van der Waals surface area contributed by atoms with Crippen molar-refractivity contribution in [2.75, 3.05) is 6.61 Å². The number of carbonyl (C=O) groups excluding carboxylic acids is 2. The molecule has 0 heterocycles.